The van der Waals surface area contributed by atoms with E-state index >= 15 is 0 Å². The van der Waals surface area contributed by atoms with Crippen molar-refractivity contribution < 1.29 is 32.3 Å². The van der Waals surface area contributed by atoms with Gasteiger partial charge >= 0.3 is 18.2 Å². The number of hydrogen-bond donors (Lipinski definition) is 2. The van der Waals surface area contributed by atoms with Gasteiger partial charge in [-0.05, 0) is 48.6 Å². The fourth-order valence-corrected chi connectivity index (χ4v) is 5.24. The van der Waals surface area contributed by atoms with E-state index in [9.17, 15) is 27.6 Å². The van der Waals surface area contributed by atoms with Gasteiger partial charge < -0.3 is 25.6 Å². The molecule has 38 heavy (non-hydrogen) atoms. The molecule has 2 aliphatic rings. The van der Waals surface area contributed by atoms with Gasteiger partial charge in [-0.1, -0.05) is 29.8 Å². The quantitative estimate of drug-likeness (QED) is 0.399. The summed E-state index contributed by atoms with van der Waals surface area (Å²) in [5, 5.41) is 2.62. The first-order valence-electron chi connectivity index (χ1n) is 12.1. The number of halogens is 4. The largest absolute Gasteiger partial charge is 0.469 e. The molecule has 0 radical (unpaired) electrons. The SMILES string of the molecule is COC(=O)C(CC(=O)N1CCC(N2Cc3ccccc3NC2=O)CC1)Cc1cc(Cl)c(N)c(C(F)(F)F)c1. The number of para-hydroxylation sites is 1. The highest BCUT2D eigenvalue weighted by Crippen LogP contribution is 2.38. The first-order valence-corrected chi connectivity index (χ1v) is 12.5. The summed E-state index contributed by atoms with van der Waals surface area (Å²) in [7, 11) is 1.16. The van der Waals surface area contributed by atoms with Gasteiger partial charge in [-0.3, -0.25) is 9.59 Å². The van der Waals surface area contributed by atoms with Crippen LogP contribution in [0.15, 0.2) is 36.4 Å². The Labute approximate surface area is 222 Å². The molecule has 1 fully saturated rings. The summed E-state index contributed by atoms with van der Waals surface area (Å²) in [5.74, 6) is -2.03. The minimum absolute atomic E-state index is 0.0541. The van der Waals surface area contributed by atoms with Crippen molar-refractivity contribution in [3.8, 4) is 0 Å². The molecule has 3 N–H and O–H groups in total. The third-order valence-electron chi connectivity index (χ3n) is 7.05. The Kier molecular flexibility index (Phi) is 8.05. The highest BCUT2D eigenvalue weighted by atomic mass is 35.5. The summed E-state index contributed by atoms with van der Waals surface area (Å²) >= 11 is 5.92. The van der Waals surface area contributed by atoms with Crippen molar-refractivity contribution in [2.45, 2.75) is 44.4 Å². The number of alkyl halides is 3. The van der Waals surface area contributed by atoms with Crippen LogP contribution >= 0.6 is 11.6 Å². The molecule has 204 valence electrons. The Morgan fingerprint density at radius 3 is 2.55 bits per heavy atom. The second-order valence-electron chi connectivity index (χ2n) is 9.49. The molecular formula is C26H28ClF3N4O4. The minimum atomic E-state index is -4.72. The van der Waals surface area contributed by atoms with Gasteiger partial charge in [0.05, 0.1) is 29.3 Å². The van der Waals surface area contributed by atoms with Crippen LogP contribution in [0.3, 0.4) is 0 Å². The molecule has 2 aliphatic heterocycles. The zero-order valence-corrected chi connectivity index (χ0v) is 21.4. The Morgan fingerprint density at radius 2 is 1.89 bits per heavy atom. The number of benzene rings is 2. The number of anilines is 2. The van der Waals surface area contributed by atoms with Gasteiger partial charge in [0.2, 0.25) is 5.91 Å². The number of nitrogens with two attached hydrogens (primary N) is 1. The molecule has 2 aromatic rings. The second kappa shape index (κ2) is 11.1. The predicted molar refractivity (Wildman–Crippen MR) is 135 cm³/mol. The minimum Gasteiger partial charge on any atom is -0.469 e. The van der Waals surface area contributed by atoms with Gasteiger partial charge in [-0.25, -0.2) is 4.79 Å². The van der Waals surface area contributed by atoms with Crippen molar-refractivity contribution in [2.75, 3.05) is 31.2 Å². The number of esters is 1. The number of nitrogens with one attached hydrogen (secondary N) is 1. The van der Waals surface area contributed by atoms with E-state index in [2.05, 4.69) is 5.32 Å². The van der Waals surface area contributed by atoms with Crippen molar-refractivity contribution in [3.05, 3.63) is 58.1 Å². The summed E-state index contributed by atoms with van der Waals surface area (Å²) < 4.78 is 44.9. The van der Waals surface area contributed by atoms with E-state index in [0.717, 1.165) is 24.4 Å². The maximum absolute atomic E-state index is 13.4. The molecule has 3 amide bonds. The van der Waals surface area contributed by atoms with E-state index in [1.54, 1.807) is 9.80 Å². The van der Waals surface area contributed by atoms with Crippen LogP contribution in [0.2, 0.25) is 5.02 Å². The summed E-state index contributed by atoms with van der Waals surface area (Å²) in [5.41, 5.74) is 5.73. The molecule has 1 saturated heterocycles. The Hall–Kier alpha value is -3.47. The lowest BCUT2D eigenvalue weighted by molar-refractivity contribution is -0.149. The molecular weight excluding hydrogens is 525 g/mol. The number of hydrogen-bond acceptors (Lipinski definition) is 5. The number of ether oxygens (including phenoxy) is 1. The van der Waals surface area contributed by atoms with E-state index in [-0.39, 0.29) is 41.4 Å². The Bertz CT molecular complexity index is 1230. The lowest BCUT2D eigenvalue weighted by Crippen LogP contribution is -2.51. The predicted octanol–water partition coefficient (Wildman–Crippen LogP) is 4.70. The van der Waals surface area contributed by atoms with Crippen LogP contribution in [-0.2, 0) is 33.5 Å². The van der Waals surface area contributed by atoms with Gasteiger partial charge in [0.15, 0.2) is 0 Å². The summed E-state index contributed by atoms with van der Waals surface area (Å²) in [6.45, 7) is 1.25. The van der Waals surface area contributed by atoms with Crippen molar-refractivity contribution in [1.82, 2.24) is 9.80 Å². The van der Waals surface area contributed by atoms with Crippen molar-refractivity contribution >= 4 is 40.9 Å². The van der Waals surface area contributed by atoms with Gasteiger partial charge in [-0.15, -0.1) is 0 Å². The van der Waals surface area contributed by atoms with E-state index in [1.165, 1.54) is 6.07 Å². The topological polar surface area (TPSA) is 105 Å². The highest BCUT2D eigenvalue weighted by molar-refractivity contribution is 6.33. The maximum Gasteiger partial charge on any atom is 0.418 e. The highest BCUT2D eigenvalue weighted by Gasteiger charge is 2.36. The summed E-state index contributed by atoms with van der Waals surface area (Å²) in [6, 6.07) is 9.45. The number of fused-ring (bicyclic) bond motifs is 1. The van der Waals surface area contributed by atoms with E-state index < -0.39 is 29.3 Å². The number of rotatable bonds is 6. The zero-order valence-electron chi connectivity index (χ0n) is 20.7. The molecule has 0 bridgehead atoms. The number of carbonyl (C=O) groups excluding carboxylic acids is 3. The molecule has 1 unspecified atom stereocenters. The normalized spacial score (nSPS) is 17.0. The molecule has 12 heteroatoms. The van der Waals surface area contributed by atoms with E-state index in [0.29, 0.717) is 32.5 Å². The third-order valence-corrected chi connectivity index (χ3v) is 7.36. The fraction of sp³-hybridized carbons (Fsp3) is 0.423. The average molecular weight is 553 g/mol. The number of methoxy groups -OCH3 is 1. The lowest BCUT2D eigenvalue weighted by atomic mass is 9.93. The number of urea groups is 1. The van der Waals surface area contributed by atoms with Crippen LogP contribution in [0.25, 0.3) is 0 Å². The third kappa shape index (κ3) is 5.98. The Balaban J connectivity index is 1.39. The maximum atomic E-state index is 13.4. The standard InChI is InChI=1S/C26H28ClF3N4O4/c1-38-24(36)17(10-15-11-19(26(28,29)30)23(31)20(27)12-15)13-22(35)33-8-6-18(7-9-33)34-14-16-4-2-3-5-21(16)32-25(34)37/h2-5,11-12,17-18H,6-10,13-14,31H2,1H3,(H,32,37). The van der Waals surface area contributed by atoms with Crippen LogP contribution in [0.5, 0.6) is 0 Å². The van der Waals surface area contributed by atoms with Gasteiger partial charge in [-0.2, -0.15) is 13.2 Å². The first kappa shape index (κ1) is 27.6. The van der Waals surface area contributed by atoms with E-state index in [1.807, 2.05) is 24.3 Å². The number of piperidine rings is 1. The Morgan fingerprint density at radius 1 is 1.21 bits per heavy atom. The molecule has 0 aromatic heterocycles. The van der Waals surface area contributed by atoms with Crippen molar-refractivity contribution in [1.29, 1.82) is 0 Å². The number of amides is 3. The van der Waals surface area contributed by atoms with Crippen LogP contribution in [0, 0.1) is 5.92 Å². The molecule has 2 aromatic carbocycles. The molecule has 4 rings (SSSR count). The smallest absolute Gasteiger partial charge is 0.418 e. The molecule has 0 saturated carbocycles. The molecule has 2 heterocycles. The van der Waals surface area contributed by atoms with Gasteiger partial charge in [0.25, 0.3) is 0 Å². The van der Waals surface area contributed by atoms with Crippen LogP contribution in [0.1, 0.15) is 36.0 Å². The van der Waals surface area contributed by atoms with Crippen molar-refractivity contribution in [2.24, 2.45) is 5.92 Å². The van der Waals surface area contributed by atoms with Crippen LogP contribution in [-0.4, -0.2) is 53.9 Å². The number of carbonyl (C=O) groups is 3. The molecule has 0 spiro atoms. The lowest BCUT2D eigenvalue weighted by Gasteiger charge is -2.40. The zero-order chi connectivity index (χ0) is 27.6. The van der Waals surface area contributed by atoms with Gasteiger partial charge in [0, 0.05) is 37.8 Å². The summed E-state index contributed by atoms with van der Waals surface area (Å²) in [4.78, 5) is 41.5. The first-order chi connectivity index (χ1) is 18.0. The monoisotopic (exact) mass is 552 g/mol. The molecule has 8 nitrogen and oxygen atoms in total. The van der Waals surface area contributed by atoms with Crippen molar-refractivity contribution in [3.63, 3.8) is 0 Å². The second-order valence-corrected chi connectivity index (χ2v) is 9.90. The average Bonchev–Trinajstić information content (AvgIpc) is 2.88. The summed E-state index contributed by atoms with van der Waals surface area (Å²) in [6.07, 6.45) is -4.01. The number of nitrogen functional groups attached to an aromatic ring is 1. The van der Waals surface area contributed by atoms with Crippen LogP contribution < -0.4 is 11.1 Å². The molecule has 1 atom stereocenters. The van der Waals surface area contributed by atoms with Gasteiger partial charge in [0.1, 0.15) is 0 Å². The van der Waals surface area contributed by atoms with E-state index in [4.69, 9.17) is 22.1 Å². The fourth-order valence-electron chi connectivity index (χ4n) is 5.00. The number of likely N-dealkylation sites (tertiary alicyclic amines) is 1. The number of nitrogens with zero attached hydrogens (tertiary/aromatic N) is 2. The van der Waals surface area contributed by atoms with Crippen LogP contribution in [0.4, 0.5) is 29.3 Å². The molecule has 0 aliphatic carbocycles.